The van der Waals surface area contributed by atoms with Crippen LogP contribution < -0.4 is 5.73 Å². The minimum Gasteiger partial charge on any atom is -0.507 e. The van der Waals surface area contributed by atoms with Crippen molar-refractivity contribution in [3.63, 3.8) is 0 Å². The zero-order valence-electron chi connectivity index (χ0n) is 10.7. The first kappa shape index (κ1) is 16.2. The van der Waals surface area contributed by atoms with Crippen molar-refractivity contribution in [2.45, 2.75) is 18.7 Å². The molecule has 0 aliphatic carbocycles. The summed E-state index contributed by atoms with van der Waals surface area (Å²) in [5.74, 6) is -2.94. The Bertz CT molecular complexity index is 505. The van der Waals surface area contributed by atoms with E-state index in [0.717, 1.165) is 0 Å². The summed E-state index contributed by atoms with van der Waals surface area (Å²) in [4.78, 5) is 22.2. The molecule has 1 aromatic rings. The van der Waals surface area contributed by atoms with Gasteiger partial charge in [0.05, 0.1) is 6.54 Å². The van der Waals surface area contributed by atoms with Crippen LogP contribution in [0.4, 0.5) is 0 Å². The van der Waals surface area contributed by atoms with Crippen molar-refractivity contribution < 1.29 is 29.9 Å². The second-order valence-corrected chi connectivity index (χ2v) is 4.44. The van der Waals surface area contributed by atoms with Crippen molar-refractivity contribution in [1.29, 1.82) is 0 Å². The molecule has 0 fully saturated rings. The Balaban J connectivity index is 2.97. The number of Topliss-reactive ketones (excluding diaryl/α,β-unsaturated/α-hetero) is 1. The standard InChI is InChI=1S/C12H16BNO6/c14-6-9(15)5-8(13(19)20)4-7-2-1-3-10(11(7)16)12(17)18/h1-3,8,16,19-20H,4-6,14H2,(H,17,18). The van der Waals surface area contributed by atoms with Crippen LogP contribution in [0.5, 0.6) is 5.75 Å². The van der Waals surface area contributed by atoms with Crippen LogP contribution in [0.2, 0.25) is 5.82 Å². The molecule has 0 aromatic heterocycles. The number of hydrogen-bond acceptors (Lipinski definition) is 6. The normalized spacial score (nSPS) is 11.9. The third-order valence-corrected chi connectivity index (χ3v) is 2.97. The summed E-state index contributed by atoms with van der Waals surface area (Å²) in [5, 5.41) is 37.2. The monoisotopic (exact) mass is 281 g/mol. The Morgan fingerprint density at radius 3 is 2.45 bits per heavy atom. The molecular weight excluding hydrogens is 265 g/mol. The van der Waals surface area contributed by atoms with Gasteiger partial charge in [-0.05, 0) is 18.1 Å². The highest BCUT2D eigenvalue weighted by atomic mass is 16.4. The average molecular weight is 281 g/mol. The van der Waals surface area contributed by atoms with Crippen LogP contribution in [-0.4, -0.2) is 45.7 Å². The van der Waals surface area contributed by atoms with Crippen molar-refractivity contribution >= 4 is 18.9 Å². The molecule has 0 spiro atoms. The maximum Gasteiger partial charge on any atom is 0.455 e. The predicted molar refractivity (Wildman–Crippen MR) is 71.4 cm³/mol. The maximum absolute atomic E-state index is 11.3. The number of carboxylic acid groups (broad SMARTS) is 1. The van der Waals surface area contributed by atoms with Crippen molar-refractivity contribution in [2.75, 3.05) is 6.54 Å². The zero-order valence-corrected chi connectivity index (χ0v) is 10.7. The number of carbonyl (C=O) groups excluding carboxylic acids is 1. The molecule has 8 heteroatoms. The van der Waals surface area contributed by atoms with Gasteiger partial charge in [-0.15, -0.1) is 0 Å². The lowest BCUT2D eigenvalue weighted by molar-refractivity contribution is -0.117. The second-order valence-electron chi connectivity index (χ2n) is 4.44. The molecule has 7 nitrogen and oxygen atoms in total. The number of phenols is 1. The highest BCUT2D eigenvalue weighted by Crippen LogP contribution is 2.28. The third-order valence-electron chi connectivity index (χ3n) is 2.97. The van der Waals surface area contributed by atoms with Gasteiger partial charge < -0.3 is 26.0 Å². The summed E-state index contributed by atoms with van der Waals surface area (Å²) in [6, 6.07) is 4.13. The number of aromatic carboxylic acids is 1. The molecule has 0 aliphatic heterocycles. The Labute approximate surface area is 115 Å². The van der Waals surface area contributed by atoms with Gasteiger partial charge >= 0.3 is 13.1 Å². The van der Waals surface area contributed by atoms with Gasteiger partial charge in [0.2, 0.25) is 0 Å². The van der Waals surface area contributed by atoms with Crippen LogP contribution in [0, 0.1) is 0 Å². The smallest absolute Gasteiger partial charge is 0.455 e. The summed E-state index contributed by atoms with van der Waals surface area (Å²) in [6.45, 7) is -0.218. The molecule has 0 saturated heterocycles. The summed E-state index contributed by atoms with van der Waals surface area (Å²) in [5.41, 5.74) is 5.12. The van der Waals surface area contributed by atoms with Crippen LogP contribution in [0.15, 0.2) is 18.2 Å². The summed E-state index contributed by atoms with van der Waals surface area (Å²) >= 11 is 0. The van der Waals surface area contributed by atoms with Gasteiger partial charge in [0.1, 0.15) is 17.1 Å². The first-order chi connectivity index (χ1) is 9.36. The van der Waals surface area contributed by atoms with Gasteiger partial charge in [-0.2, -0.15) is 0 Å². The third kappa shape index (κ3) is 4.05. The average Bonchev–Trinajstić information content (AvgIpc) is 2.39. The summed E-state index contributed by atoms with van der Waals surface area (Å²) < 4.78 is 0. The van der Waals surface area contributed by atoms with E-state index in [1.165, 1.54) is 18.2 Å². The largest absolute Gasteiger partial charge is 0.507 e. The fraction of sp³-hybridized carbons (Fsp3) is 0.333. The fourth-order valence-corrected chi connectivity index (χ4v) is 1.87. The topological polar surface area (TPSA) is 141 Å². The number of ketones is 1. The summed E-state index contributed by atoms with van der Waals surface area (Å²) in [6.07, 6.45) is -0.207. The lowest BCUT2D eigenvalue weighted by Gasteiger charge is -2.16. The first-order valence-corrected chi connectivity index (χ1v) is 5.98. The molecule has 6 N–H and O–H groups in total. The molecule has 0 bridgehead atoms. The van der Waals surface area contributed by atoms with Crippen LogP contribution >= 0.6 is 0 Å². The molecule has 0 aliphatic rings. The Morgan fingerprint density at radius 1 is 1.30 bits per heavy atom. The molecule has 0 heterocycles. The van der Waals surface area contributed by atoms with E-state index in [1.807, 2.05) is 0 Å². The van der Waals surface area contributed by atoms with Gasteiger partial charge in [-0.1, -0.05) is 12.1 Å². The molecule has 0 saturated carbocycles. The lowest BCUT2D eigenvalue weighted by atomic mass is 9.67. The number of carboxylic acids is 1. The molecule has 108 valence electrons. The van der Waals surface area contributed by atoms with Crippen molar-refractivity contribution in [3.8, 4) is 5.75 Å². The number of aromatic hydroxyl groups is 1. The van der Waals surface area contributed by atoms with E-state index < -0.39 is 24.7 Å². The van der Waals surface area contributed by atoms with Gasteiger partial charge in [0.15, 0.2) is 0 Å². The Kier molecular flexibility index (Phi) is 5.69. The van der Waals surface area contributed by atoms with E-state index in [1.54, 1.807) is 0 Å². The van der Waals surface area contributed by atoms with E-state index in [0.29, 0.717) is 0 Å². The van der Waals surface area contributed by atoms with Gasteiger partial charge in [-0.25, -0.2) is 4.79 Å². The number of benzene rings is 1. The van der Waals surface area contributed by atoms with Gasteiger partial charge in [0.25, 0.3) is 0 Å². The highest BCUT2D eigenvalue weighted by Gasteiger charge is 2.27. The highest BCUT2D eigenvalue weighted by molar-refractivity contribution is 6.43. The second kappa shape index (κ2) is 7.04. The van der Waals surface area contributed by atoms with Gasteiger partial charge in [-0.3, -0.25) is 4.79 Å². The molecular formula is C12H16BNO6. The number of nitrogens with two attached hydrogens (primary N) is 1. The number of carbonyl (C=O) groups is 2. The van der Waals surface area contributed by atoms with Crippen LogP contribution in [0.25, 0.3) is 0 Å². The van der Waals surface area contributed by atoms with Crippen molar-refractivity contribution in [2.24, 2.45) is 5.73 Å². The fourth-order valence-electron chi connectivity index (χ4n) is 1.87. The van der Waals surface area contributed by atoms with Crippen LogP contribution in [-0.2, 0) is 11.2 Å². The van der Waals surface area contributed by atoms with Gasteiger partial charge in [0, 0.05) is 12.2 Å². The minimum absolute atomic E-state index is 0.0453. The maximum atomic E-state index is 11.3. The Morgan fingerprint density at radius 2 is 1.95 bits per heavy atom. The number of rotatable bonds is 7. The number of hydrogen-bond donors (Lipinski definition) is 5. The molecule has 1 unspecified atom stereocenters. The molecule has 1 rings (SSSR count). The summed E-state index contributed by atoms with van der Waals surface area (Å²) in [7, 11) is -1.77. The molecule has 0 amide bonds. The predicted octanol–water partition coefficient (Wildman–Crippen LogP) is -0.606. The van der Waals surface area contributed by atoms with Crippen molar-refractivity contribution in [1.82, 2.24) is 0 Å². The minimum atomic E-state index is -1.77. The lowest BCUT2D eigenvalue weighted by Crippen LogP contribution is -2.27. The zero-order chi connectivity index (χ0) is 15.3. The van der Waals surface area contributed by atoms with E-state index in [-0.39, 0.29) is 36.3 Å². The van der Waals surface area contributed by atoms with E-state index >= 15 is 0 Å². The Hall–Kier alpha value is -1.90. The van der Waals surface area contributed by atoms with Crippen LogP contribution in [0.3, 0.4) is 0 Å². The SMILES string of the molecule is NCC(=O)CC(Cc1cccc(C(=O)O)c1O)B(O)O. The molecule has 20 heavy (non-hydrogen) atoms. The van der Waals surface area contributed by atoms with Crippen LogP contribution in [0.1, 0.15) is 22.3 Å². The van der Waals surface area contributed by atoms with E-state index in [4.69, 9.17) is 10.8 Å². The van der Waals surface area contributed by atoms with Crippen molar-refractivity contribution in [3.05, 3.63) is 29.3 Å². The quantitative estimate of drug-likeness (QED) is 0.420. The van der Waals surface area contributed by atoms with E-state index in [9.17, 15) is 24.7 Å². The first-order valence-electron chi connectivity index (χ1n) is 5.98. The molecule has 1 atom stereocenters. The number of para-hydroxylation sites is 1. The molecule has 1 aromatic carbocycles. The molecule has 0 radical (unpaired) electrons. The van der Waals surface area contributed by atoms with E-state index in [2.05, 4.69) is 0 Å².